The largest absolute Gasteiger partial charge is 0.455 e. The second-order valence-corrected chi connectivity index (χ2v) is 12.1. The number of nitrogens with one attached hydrogen (secondary N) is 1. The Morgan fingerprint density at radius 1 is 1.05 bits per heavy atom. The van der Waals surface area contributed by atoms with Gasteiger partial charge in [-0.05, 0) is 50.9 Å². The average molecular weight is 583 g/mol. The molecule has 0 amide bonds. The Kier molecular flexibility index (Phi) is 7.88. The summed E-state index contributed by atoms with van der Waals surface area (Å²) in [7, 11) is -3.26. The van der Waals surface area contributed by atoms with Gasteiger partial charge in [0.1, 0.15) is 0 Å². The molecule has 0 saturated carbocycles. The highest BCUT2D eigenvalue weighted by Gasteiger charge is 2.57. The molecule has 38 heavy (non-hydrogen) atoms. The normalized spacial score (nSPS) is 16.6. The van der Waals surface area contributed by atoms with Crippen molar-refractivity contribution in [3.05, 3.63) is 44.8 Å². The number of piperazine rings is 1. The molecule has 1 saturated heterocycles. The van der Waals surface area contributed by atoms with Crippen LogP contribution in [0.25, 0.3) is 21.8 Å². The van der Waals surface area contributed by atoms with Crippen LogP contribution in [-0.2, 0) is 23.0 Å². The number of aryl methyl sites for hydroxylation is 1. The van der Waals surface area contributed by atoms with Crippen molar-refractivity contribution in [2.24, 2.45) is 0 Å². The Morgan fingerprint density at radius 2 is 1.71 bits per heavy atom. The van der Waals surface area contributed by atoms with Gasteiger partial charge in [-0.25, -0.2) is 8.42 Å². The molecule has 3 heterocycles. The maximum Gasteiger partial charge on any atom is 0.455 e. The van der Waals surface area contributed by atoms with Crippen molar-refractivity contribution in [1.29, 1.82) is 0 Å². The molecule has 14 heteroatoms. The minimum absolute atomic E-state index is 0.0332. The molecule has 3 aromatic rings. The summed E-state index contributed by atoms with van der Waals surface area (Å²) in [6.07, 6.45) is -4.81. The van der Waals surface area contributed by atoms with Crippen molar-refractivity contribution >= 4 is 43.4 Å². The number of hydrogen-bond acceptors (Lipinski definition) is 4. The van der Waals surface area contributed by atoms with Crippen molar-refractivity contribution in [2.75, 3.05) is 38.5 Å². The molecule has 0 atom stereocenters. The Balaban J connectivity index is 1.67. The minimum Gasteiger partial charge on any atom is -0.338 e. The molecule has 1 fully saturated rings. The quantitative estimate of drug-likeness (QED) is 0.396. The zero-order chi connectivity index (χ0) is 28.0. The van der Waals surface area contributed by atoms with Gasteiger partial charge in [-0.3, -0.25) is 4.79 Å². The average Bonchev–Trinajstić information content (AvgIpc) is 3.08. The first-order chi connectivity index (χ1) is 17.7. The monoisotopic (exact) mass is 582 g/mol. The topological polar surface area (TPSA) is 78.4 Å². The predicted molar refractivity (Wildman–Crippen MR) is 137 cm³/mol. The van der Waals surface area contributed by atoms with Crippen LogP contribution in [0, 0.1) is 6.92 Å². The number of fused-ring (bicyclic) bond motifs is 3. The van der Waals surface area contributed by atoms with E-state index in [9.17, 15) is 35.2 Å². The van der Waals surface area contributed by atoms with Crippen LogP contribution in [-0.4, -0.2) is 77.7 Å². The third-order valence-electron chi connectivity index (χ3n) is 7.13. The molecule has 1 aliphatic heterocycles. The minimum atomic E-state index is -5.72. The van der Waals surface area contributed by atoms with Crippen LogP contribution < -0.4 is 5.56 Å². The third kappa shape index (κ3) is 5.43. The lowest BCUT2D eigenvalue weighted by Crippen LogP contribution is -2.49. The summed E-state index contributed by atoms with van der Waals surface area (Å²) in [6.45, 7) is 3.91. The molecule has 1 N–H and O–H groups in total. The lowest BCUT2D eigenvalue weighted by Gasteiger charge is -2.33. The summed E-state index contributed by atoms with van der Waals surface area (Å²) in [4.78, 5) is 16.7. The van der Waals surface area contributed by atoms with E-state index in [0.29, 0.717) is 67.4 Å². The van der Waals surface area contributed by atoms with Crippen LogP contribution in [0.4, 0.5) is 22.0 Å². The van der Waals surface area contributed by atoms with Crippen LogP contribution in [0.3, 0.4) is 0 Å². The summed E-state index contributed by atoms with van der Waals surface area (Å²) in [6, 6.07) is 4.01. The number of hydrogen-bond donors (Lipinski definition) is 1. The molecule has 4 rings (SSSR count). The van der Waals surface area contributed by atoms with E-state index in [2.05, 4.69) is 9.88 Å². The van der Waals surface area contributed by atoms with E-state index < -0.39 is 34.2 Å². The first-order valence-electron chi connectivity index (χ1n) is 12.1. The van der Waals surface area contributed by atoms with Crippen molar-refractivity contribution < 1.29 is 30.4 Å². The Hall–Kier alpha value is -2.22. The molecule has 1 aliphatic rings. The van der Waals surface area contributed by atoms with E-state index in [0.717, 1.165) is 10.6 Å². The smallest absolute Gasteiger partial charge is 0.338 e. The highest BCUT2D eigenvalue weighted by Crippen LogP contribution is 2.41. The van der Waals surface area contributed by atoms with Gasteiger partial charge in [-0.2, -0.15) is 26.3 Å². The summed E-state index contributed by atoms with van der Waals surface area (Å²) in [5.74, 6) is -4.92. The molecular weight excluding hydrogens is 555 g/mol. The summed E-state index contributed by atoms with van der Waals surface area (Å²) < 4.78 is 94.1. The fraction of sp³-hybridized carbons (Fsp3) is 0.542. The first kappa shape index (κ1) is 28.8. The molecular formula is C24H28ClF5N4O3S. The van der Waals surface area contributed by atoms with E-state index in [-0.39, 0.29) is 22.0 Å². The molecule has 0 radical (unpaired) electrons. The highest BCUT2D eigenvalue weighted by atomic mass is 35.5. The molecule has 1 aromatic carbocycles. The van der Waals surface area contributed by atoms with Crippen LogP contribution in [0.1, 0.15) is 24.6 Å². The number of sulfonamides is 1. The van der Waals surface area contributed by atoms with Gasteiger partial charge in [0.05, 0.1) is 22.8 Å². The number of H-pyrrole nitrogens is 1. The maximum absolute atomic E-state index is 14.1. The van der Waals surface area contributed by atoms with Crippen molar-refractivity contribution in [3.8, 4) is 0 Å². The van der Waals surface area contributed by atoms with Crippen molar-refractivity contribution in [3.63, 3.8) is 0 Å². The number of aromatic nitrogens is 2. The fourth-order valence-corrected chi connectivity index (χ4v) is 6.43. The maximum atomic E-state index is 14.1. The van der Waals surface area contributed by atoms with Gasteiger partial charge in [0.2, 0.25) is 15.6 Å². The van der Waals surface area contributed by atoms with Gasteiger partial charge in [0.15, 0.2) is 0 Å². The molecule has 2 aromatic heterocycles. The van der Waals surface area contributed by atoms with E-state index in [1.807, 2.05) is 0 Å². The third-order valence-corrected chi connectivity index (χ3v) is 9.31. The molecule has 0 aliphatic carbocycles. The lowest BCUT2D eigenvalue weighted by molar-refractivity contribution is -0.286. The Bertz CT molecular complexity index is 1510. The number of aromatic amines is 1. The summed E-state index contributed by atoms with van der Waals surface area (Å²) in [5.41, 5.74) is 0.889. The van der Waals surface area contributed by atoms with E-state index in [4.69, 9.17) is 11.6 Å². The van der Waals surface area contributed by atoms with Crippen LogP contribution >= 0.6 is 11.6 Å². The van der Waals surface area contributed by atoms with Crippen molar-refractivity contribution in [1.82, 2.24) is 18.8 Å². The van der Waals surface area contributed by atoms with Gasteiger partial charge in [0, 0.05) is 54.2 Å². The molecule has 0 spiro atoms. The van der Waals surface area contributed by atoms with Gasteiger partial charge in [0.25, 0.3) is 0 Å². The first-order valence-corrected chi connectivity index (χ1v) is 14.1. The fourth-order valence-electron chi connectivity index (χ4n) is 5.05. The van der Waals surface area contributed by atoms with Crippen LogP contribution in [0.2, 0.25) is 5.02 Å². The number of pyridine rings is 1. The number of nitrogens with zero attached hydrogens (tertiary/aromatic N) is 3. The molecule has 0 bridgehead atoms. The van der Waals surface area contributed by atoms with E-state index in [1.54, 1.807) is 6.92 Å². The summed E-state index contributed by atoms with van der Waals surface area (Å²) >= 11 is 6.38. The number of alkyl halides is 5. The SMILES string of the molecule is CCS(=O)(=O)N1CCN(CCCc2c(C)n(CC(F)(F)C(F)(F)F)c3ccc4[nH]c(=O)cc(Cl)c4c23)CC1. The predicted octanol–water partition coefficient (Wildman–Crippen LogP) is 4.54. The van der Waals surface area contributed by atoms with Crippen molar-refractivity contribution in [2.45, 2.75) is 45.3 Å². The molecule has 210 valence electrons. The number of halogens is 6. The van der Waals surface area contributed by atoms with Crippen LogP contribution in [0.15, 0.2) is 23.0 Å². The highest BCUT2D eigenvalue weighted by molar-refractivity contribution is 7.89. The number of rotatable bonds is 8. The lowest BCUT2D eigenvalue weighted by atomic mass is 10.0. The molecule has 0 unspecified atom stereocenters. The van der Waals surface area contributed by atoms with Gasteiger partial charge in [-0.15, -0.1) is 0 Å². The van der Waals surface area contributed by atoms with Gasteiger partial charge >= 0.3 is 12.1 Å². The van der Waals surface area contributed by atoms with E-state index in [1.165, 1.54) is 23.4 Å². The number of benzene rings is 1. The Labute approximate surface area is 221 Å². The van der Waals surface area contributed by atoms with Crippen LogP contribution in [0.5, 0.6) is 0 Å². The Morgan fingerprint density at radius 3 is 2.32 bits per heavy atom. The van der Waals surface area contributed by atoms with Gasteiger partial charge < -0.3 is 14.5 Å². The zero-order valence-electron chi connectivity index (χ0n) is 20.8. The summed E-state index contributed by atoms with van der Waals surface area (Å²) in [5, 5.41) is 0.885. The standard InChI is InChI=1S/C24H28ClF5N4O3S/c1-3-38(36,37)33-11-9-32(10-12-33)8-4-5-16-15(2)34(14-23(26,27)24(28,29)30)19-7-6-18-22(21(16)19)17(25)13-20(35)31-18/h6-7,13H,3-5,8-12,14H2,1-2H3,(H,31,35). The molecule has 7 nitrogen and oxygen atoms in total. The van der Waals surface area contributed by atoms with E-state index >= 15 is 0 Å². The zero-order valence-corrected chi connectivity index (χ0v) is 22.4. The van der Waals surface area contributed by atoms with Gasteiger partial charge in [-0.1, -0.05) is 11.6 Å². The second-order valence-electron chi connectivity index (χ2n) is 9.46. The second kappa shape index (κ2) is 10.4.